The highest BCUT2D eigenvalue weighted by Crippen LogP contribution is 2.21. The molecule has 0 aromatic heterocycles. The predicted octanol–water partition coefficient (Wildman–Crippen LogP) is 0.851. The molecule has 0 radical (unpaired) electrons. The van der Waals surface area contributed by atoms with Crippen LogP contribution in [0, 0.1) is 11.7 Å². The Labute approximate surface area is 110 Å². The number of carboxylic acid groups (broad SMARTS) is 1. The zero-order valence-electron chi connectivity index (χ0n) is 10.5. The standard InChI is InChI=1S/C13H15FN2O3/c1-8-12(17)15-6-9(13(18)19)7-16(8)11-4-2-3-10(14)5-11/h2-5,8-9H,6-7H2,1H3,(H,15,17)(H,18,19). The highest BCUT2D eigenvalue weighted by Gasteiger charge is 2.32. The summed E-state index contributed by atoms with van der Waals surface area (Å²) in [7, 11) is 0. The number of halogens is 1. The molecule has 2 unspecified atom stereocenters. The van der Waals surface area contributed by atoms with Gasteiger partial charge in [0.2, 0.25) is 5.91 Å². The number of carbonyl (C=O) groups excluding carboxylic acids is 1. The minimum absolute atomic E-state index is 0.0876. The van der Waals surface area contributed by atoms with Crippen LogP contribution in [0.5, 0.6) is 0 Å². The molecule has 19 heavy (non-hydrogen) atoms. The van der Waals surface area contributed by atoms with Gasteiger partial charge in [0.15, 0.2) is 0 Å². The van der Waals surface area contributed by atoms with Crippen molar-refractivity contribution in [2.45, 2.75) is 13.0 Å². The number of benzene rings is 1. The van der Waals surface area contributed by atoms with E-state index >= 15 is 0 Å². The van der Waals surface area contributed by atoms with Crippen molar-refractivity contribution in [3.8, 4) is 0 Å². The Balaban J connectivity index is 2.33. The van der Waals surface area contributed by atoms with Crippen molar-refractivity contribution < 1.29 is 19.1 Å². The van der Waals surface area contributed by atoms with Crippen molar-refractivity contribution in [2.24, 2.45) is 5.92 Å². The van der Waals surface area contributed by atoms with Crippen LogP contribution < -0.4 is 10.2 Å². The molecule has 6 heteroatoms. The quantitative estimate of drug-likeness (QED) is 0.832. The van der Waals surface area contributed by atoms with Crippen molar-refractivity contribution >= 4 is 17.6 Å². The summed E-state index contributed by atoms with van der Waals surface area (Å²) < 4.78 is 13.3. The zero-order chi connectivity index (χ0) is 14.0. The first-order valence-corrected chi connectivity index (χ1v) is 6.01. The van der Waals surface area contributed by atoms with Gasteiger partial charge in [-0.25, -0.2) is 4.39 Å². The van der Waals surface area contributed by atoms with Gasteiger partial charge in [-0.05, 0) is 25.1 Å². The second-order valence-corrected chi connectivity index (χ2v) is 4.59. The Morgan fingerprint density at radius 3 is 2.89 bits per heavy atom. The molecule has 0 spiro atoms. The maximum Gasteiger partial charge on any atom is 0.310 e. The molecule has 0 aliphatic carbocycles. The molecule has 0 bridgehead atoms. The molecule has 1 aromatic carbocycles. The van der Waals surface area contributed by atoms with Gasteiger partial charge in [0.25, 0.3) is 0 Å². The summed E-state index contributed by atoms with van der Waals surface area (Å²) in [5.41, 5.74) is 0.510. The van der Waals surface area contributed by atoms with Crippen LogP contribution in [-0.4, -0.2) is 36.1 Å². The lowest BCUT2D eigenvalue weighted by atomic mass is 10.1. The Hall–Kier alpha value is -2.11. The topological polar surface area (TPSA) is 69.6 Å². The van der Waals surface area contributed by atoms with Crippen LogP contribution in [0.15, 0.2) is 24.3 Å². The maximum absolute atomic E-state index is 13.3. The van der Waals surface area contributed by atoms with Crippen LogP contribution in [0.25, 0.3) is 0 Å². The smallest absolute Gasteiger partial charge is 0.310 e. The van der Waals surface area contributed by atoms with Crippen molar-refractivity contribution in [2.75, 3.05) is 18.0 Å². The molecule has 1 aromatic rings. The largest absolute Gasteiger partial charge is 0.481 e. The number of aliphatic carboxylic acids is 1. The summed E-state index contributed by atoms with van der Waals surface area (Å²) in [6, 6.07) is 5.27. The van der Waals surface area contributed by atoms with E-state index in [-0.39, 0.29) is 19.0 Å². The molecular formula is C13H15FN2O3. The summed E-state index contributed by atoms with van der Waals surface area (Å²) >= 11 is 0. The minimum atomic E-state index is -0.976. The van der Waals surface area contributed by atoms with Gasteiger partial charge in [0.05, 0.1) is 5.92 Å². The second-order valence-electron chi connectivity index (χ2n) is 4.59. The van der Waals surface area contributed by atoms with Gasteiger partial charge < -0.3 is 15.3 Å². The predicted molar refractivity (Wildman–Crippen MR) is 67.3 cm³/mol. The number of rotatable bonds is 2. The first kappa shape index (κ1) is 13.3. The fourth-order valence-electron chi connectivity index (χ4n) is 2.12. The lowest BCUT2D eigenvalue weighted by Gasteiger charge is -2.29. The molecule has 1 fully saturated rings. The zero-order valence-corrected chi connectivity index (χ0v) is 10.5. The molecule has 2 N–H and O–H groups in total. The molecule has 1 amide bonds. The molecule has 1 heterocycles. The van der Waals surface area contributed by atoms with Gasteiger partial charge in [0, 0.05) is 18.8 Å². The molecule has 1 aliphatic heterocycles. The third-order valence-corrected chi connectivity index (χ3v) is 3.28. The van der Waals surface area contributed by atoms with E-state index in [1.54, 1.807) is 17.9 Å². The van der Waals surface area contributed by atoms with E-state index in [0.29, 0.717) is 5.69 Å². The fraction of sp³-hybridized carbons (Fsp3) is 0.385. The van der Waals surface area contributed by atoms with Crippen LogP contribution in [0.1, 0.15) is 6.92 Å². The van der Waals surface area contributed by atoms with Gasteiger partial charge in [-0.15, -0.1) is 0 Å². The first-order chi connectivity index (χ1) is 8.99. The second kappa shape index (κ2) is 5.26. The van der Waals surface area contributed by atoms with Crippen molar-refractivity contribution in [1.82, 2.24) is 5.32 Å². The van der Waals surface area contributed by atoms with E-state index in [2.05, 4.69) is 5.32 Å². The number of amides is 1. The average molecular weight is 266 g/mol. The normalized spacial score (nSPS) is 23.7. The third kappa shape index (κ3) is 2.83. The van der Waals surface area contributed by atoms with Crippen LogP contribution in [0.2, 0.25) is 0 Å². The van der Waals surface area contributed by atoms with E-state index in [4.69, 9.17) is 5.11 Å². The molecule has 2 rings (SSSR count). The molecule has 1 aliphatic rings. The Morgan fingerprint density at radius 1 is 1.53 bits per heavy atom. The molecule has 102 valence electrons. The number of anilines is 1. The van der Waals surface area contributed by atoms with Gasteiger partial charge in [0.1, 0.15) is 11.9 Å². The molecule has 2 atom stereocenters. The van der Waals surface area contributed by atoms with Crippen molar-refractivity contribution in [3.05, 3.63) is 30.1 Å². The minimum Gasteiger partial charge on any atom is -0.481 e. The van der Waals surface area contributed by atoms with E-state index in [0.717, 1.165) is 0 Å². The van der Waals surface area contributed by atoms with Gasteiger partial charge in [-0.2, -0.15) is 0 Å². The van der Waals surface area contributed by atoms with Crippen LogP contribution in [-0.2, 0) is 9.59 Å². The Bertz CT molecular complexity index is 506. The molecule has 5 nitrogen and oxygen atoms in total. The lowest BCUT2D eigenvalue weighted by Crippen LogP contribution is -2.42. The van der Waals surface area contributed by atoms with Crippen molar-refractivity contribution in [3.63, 3.8) is 0 Å². The lowest BCUT2D eigenvalue weighted by molar-refractivity contribution is -0.141. The van der Waals surface area contributed by atoms with E-state index < -0.39 is 23.7 Å². The van der Waals surface area contributed by atoms with Gasteiger partial charge in [-0.3, -0.25) is 9.59 Å². The highest BCUT2D eigenvalue weighted by molar-refractivity contribution is 5.86. The fourth-order valence-corrected chi connectivity index (χ4v) is 2.12. The number of hydrogen-bond donors (Lipinski definition) is 2. The van der Waals surface area contributed by atoms with Crippen LogP contribution in [0.3, 0.4) is 0 Å². The SMILES string of the molecule is CC1C(=O)NCC(C(=O)O)CN1c1cccc(F)c1. The third-order valence-electron chi connectivity index (χ3n) is 3.28. The van der Waals surface area contributed by atoms with E-state index in [9.17, 15) is 14.0 Å². The molecule has 1 saturated heterocycles. The van der Waals surface area contributed by atoms with E-state index in [1.807, 2.05) is 0 Å². The van der Waals surface area contributed by atoms with Crippen LogP contribution in [0.4, 0.5) is 10.1 Å². The molecular weight excluding hydrogens is 251 g/mol. The average Bonchev–Trinajstić information content (AvgIpc) is 2.51. The summed E-state index contributed by atoms with van der Waals surface area (Å²) in [6.07, 6.45) is 0. The number of hydrogen-bond acceptors (Lipinski definition) is 3. The monoisotopic (exact) mass is 266 g/mol. The van der Waals surface area contributed by atoms with Gasteiger partial charge in [-0.1, -0.05) is 6.07 Å². The number of carboxylic acids is 1. The number of nitrogens with zero attached hydrogens (tertiary/aromatic N) is 1. The van der Waals surface area contributed by atoms with Gasteiger partial charge >= 0.3 is 5.97 Å². The maximum atomic E-state index is 13.3. The number of nitrogens with one attached hydrogen (secondary N) is 1. The summed E-state index contributed by atoms with van der Waals surface area (Å²) in [5.74, 6) is -2.36. The first-order valence-electron chi connectivity index (χ1n) is 6.01. The summed E-state index contributed by atoms with van der Waals surface area (Å²) in [6.45, 7) is 1.92. The highest BCUT2D eigenvalue weighted by atomic mass is 19.1. The molecule has 0 saturated carbocycles. The van der Waals surface area contributed by atoms with Crippen molar-refractivity contribution in [1.29, 1.82) is 0 Å². The van der Waals surface area contributed by atoms with Crippen LogP contribution >= 0.6 is 0 Å². The summed E-state index contributed by atoms with van der Waals surface area (Å²) in [5, 5.41) is 11.7. The number of carbonyl (C=O) groups is 2. The summed E-state index contributed by atoms with van der Waals surface area (Å²) in [4.78, 5) is 24.5. The Kier molecular flexibility index (Phi) is 3.69. The Morgan fingerprint density at radius 2 is 2.26 bits per heavy atom. The van der Waals surface area contributed by atoms with E-state index in [1.165, 1.54) is 18.2 Å².